The van der Waals surface area contributed by atoms with E-state index in [-0.39, 0.29) is 6.42 Å². The summed E-state index contributed by atoms with van der Waals surface area (Å²) in [6, 6.07) is 4.11. The van der Waals surface area contributed by atoms with Gasteiger partial charge in [-0.3, -0.25) is 9.59 Å². The summed E-state index contributed by atoms with van der Waals surface area (Å²) in [6.07, 6.45) is 1.15. The van der Waals surface area contributed by atoms with Crippen molar-refractivity contribution in [1.82, 2.24) is 10.3 Å². The maximum atomic E-state index is 11.7. The van der Waals surface area contributed by atoms with Crippen molar-refractivity contribution in [1.29, 1.82) is 0 Å². The van der Waals surface area contributed by atoms with Crippen LogP contribution in [0.2, 0.25) is 5.02 Å². The predicted octanol–water partition coefficient (Wildman–Crippen LogP) is 1.50. The predicted molar refractivity (Wildman–Crippen MR) is 83.2 cm³/mol. The zero-order valence-corrected chi connectivity index (χ0v) is 13.0. The average molecular weight is 339 g/mol. The van der Waals surface area contributed by atoms with E-state index in [1.165, 1.54) is 0 Å². The highest BCUT2D eigenvalue weighted by molar-refractivity contribution is 6.35. The fourth-order valence-corrected chi connectivity index (χ4v) is 2.53. The highest BCUT2D eigenvalue weighted by Gasteiger charge is 2.23. The van der Waals surface area contributed by atoms with E-state index in [9.17, 15) is 19.5 Å². The van der Waals surface area contributed by atoms with Gasteiger partial charge in [0.25, 0.3) is 0 Å². The first kappa shape index (κ1) is 16.8. The summed E-state index contributed by atoms with van der Waals surface area (Å²) in [5.74, 6) is -2.65. The zero-order chi connectivity index (χ0) is 17.0. The summed E-state index contributed by atoms with van der Waals surface area (Å²) in [5.41, 5.74) is 1.44. The van der Waals surface area contributed by atoms with E-state index in [4.69, 9.17) is 11.6 Å². The molecule has 0 aliphatic heterocycles. The molecule has 2 rings (SSSR count). The van der Waals surface area contributed by atoms with Gasteiger partial charge in [-0.05, 0) is 17.7 Å². The number of halogens is 1. The maximum absolute atomic E-state index is 11.7. The van der Waals surface area contributed by atoms with Crippen molar-refractivity contribution < 1.29 is 24.2 Å². The quantitative estimate of drug-likeness (QED) is 0.546. The number of H-pyrrole nitrogens is 1. The third-order valence-corrected chi connectivity index (χ3v) is 3.64. The lowest BCUT2D eigenvalue weighted by molar-refractivity contribution is -0.146. The number of amides is 1. The van der Waals surface area contributed by atoms with Gasteiger partial charge in [0.05, 0.1) is 12.1 Å². The Morgan fingerprint density at radius 1 is 1.39 bits per heavy atom. The maximum Gasteiger partial charge on any atom is 0.326 e. The van der Waals surface area contributed by atoms with E-state index in [2.05, 4.69) is 15.0 Å². The Hall–Kier alpha value is -2.54. The van der Waals surface area contributed by atoms with Crippen molar-refractivity contribution in [2.75, 3.05) is 7.11 Å². The second-order valence-electron chi connectivity index (χ2n) is 4.89. The lowest BCUT2D eigenvalue weighted by Crippen LogP contribution is -2.43. The minimum atomic E-state index is -1.20. The van der Waals surface area contributed by atoms with E-state index >= 15 is 0 Å². The molecule has 0 radical (unpaired) electrons. The molecule has 1 aromatic carbocycles. The monoisotopic (exact) mass is 338 g/mol. The number of methoxy groups -OCH3 is 1. The Kier molecular flexibility index (Phi) is 5.23. The van der Waals surface area contributed by atoms with E-state index in [0.717, 1.165) is 12.6 Å². The van der Waals surface area contributed by atoms with Crippen LogP contribution < -0.4 is 5.32 Å². The highest BCUT2D eigenvalue weighted by atomic mass is 35.5. The summed E-state index contributed by atoms with van der Waals surface area (Å²) in [6.45, 7) is 0. The van der Waals surface area contributed by atoms with Gasteiger partial charge in [0.1, 0.15) is 12.5 Å². The number of carbonyl (C=O) groups is 3. The minimum absolute atomic E-state index is 0.0337. The number of fused-ring (bicyclic) bond motifs is 1. The van der Waals surface area contributed by atoms with Crippen molar-refractivity contribution in [3.05, 3.63) is 35.0 Å². The van der Waals surface area contributed by atoms with Gasteiger partial charge in [0.15, 0.2) is 0 Å². The third kappa shape index (κ3) is 4.01. The van der Waals surface area contributed by atoms with Gasteiger partial charge in [0.2, 0.25) is 5.91 Å². The van der Waals surface area contributed by atoms with Crippen LogP contribution in [0.3, 0.4) is 0 Å². The van der Waals surface area contributed by atoms with Crippen LogP contribution in [0.25, 0.3) is 10.9 Å². The number of aliphatic carboxylic acids is 1. The molecule has 1 aromatic heterocycles. The van der Waals surface area contributed by atoms with Crippen LogP contribution in [-0.2, 0) is 25.5 Å². The molecule has 8 heteroatoms. The number of rotatable bonds is 6. The lowest BCUT2D eigenvalue weighted by Gasteiger charge is -2.14. The van der Waals surface area contributed by atoms with Gasteiger partial charge in [-0.2, -0.15) is 0 Å². The third-order valence-electron chi connectivity index (χ3n) is 3.33. The van der Waals surface area contributed by atoms with Gasteiger partial charge in [-0.15, -0.1) is 0 Å². The molecule has 1 atom stereocenters. The van der Waals surface area contributed by atoms with Crippen LogP contribution in [-0.4, -0.2) is 41.1 Å². The van der Waals surface area contributed by atoms with E-state index in [1.54, 1.807) is 18.3 Å². The first-order valence-electron chi connectivity index (χ1n) is 6.75. The number of carboxylic acids is 1. The van der Waals surface area contributed by atoms with Gasteiger partial charge >= 0.3 is 11.9 Å². The summed E-state index contributed by atoms with van der Waals surface area (Å²) in [5, 5.41) is 12.8. The Morgan fingerprint density at radius 2 is 2.13 bits per heavy atom. The fraction of sp³-hybridized carbons (Fsp3) is 0.267. The molecule has 0 fully saturated rings. The standard InChI is InChI=1S/C15H15ClN2O5/c1-23-13(20)6-12(19)18-11(15(21)22)5-8-7-17-10-4-2-3-9(16)14(8)10/h2-4,7,11,17H,5-6H2,1H3,(H,18,19)(H,21,22). The molecular weight excluding hydrogens is 324 g/mol. The van der Waals surface area contributed by atoms with Crippen LogP contribution in [0.15, 0.2) is 24.4 Å². The van der Waals surface area contributed by atoms with Gasteiger partial charge in [-0.1, -0.05) is 17.7 Å². The molecule has 122 valence electrons. The van der Waals surface area contributed by atoms with Crippen molar-refractivity contribution in [2.24, 2.45) is 0 Å². The summed E-state index contributed by atoms with van der Waals surface area (Å²) >= 11 is 6.14. The first-order valence-corrected chi connectivity index (χ1v) is 7.13. The largest absolute Gasteiger partial charge is 0.480 e. The molecule has 7 nitrogen and oxygen atoms in total. The minimum Gasteiger partial charge on any atom is -0.480 e. The number of hydrogen-bond acceptors (Lipinski definition) is 4. The molecule has 0 bridgehead atoms. The van der Waals surface area contributed by atoms with Gasteiger partial charge < -0.3 is 20.1 Å². The molecule has 1 amide bonds. The Labute approximate surface area is 136 Å². The molecule has 1 heterocycles. The van der Waals surface area contributed by atoms with Crippen LogP contribution in [0, 0.1) is 0 Å². The smallest absolute Gasteiger partial charge is 0.326 e. The Bertz CT molecular complexity index is 755. The van der Waals surface area contributed by atoms with Crippen molar-refractivity contribution in [3.8, 4) is 0 Å². The molecule has 1 unspecified atom stereocenters. The summed E-state index contributed by atoms with van der Waals surface area (Å²) in [7, 11) is 1.15. The SMILES string of the molecule is COC(=O)CC(=O)NC(Cc1c[nH]c2cccc(Cl)c12)C(=O)O. The number of carboxylic acid groups (broad SMARTS) is 1. The van der Waals surface area contributed by atoms with E-state index in [1.807, 2.05) is 6.07 Å². The number of aromatic nitrogens is 1. The number of ether oxygens (including phenoxy) is 1. The molecule has 2 aromatic rings. The number of esters is 1. The fourth-order valence-electron chi connectivity index (χ4n) is 2.24. The molecule has 0 spiro atoms. The number of hydrogen-bond donors (Lipinski definition) is 3. The van der Waals surface area contributed by atoms with E-state index < -0.39 is 30.3 Å². The number of nitrogens with one attached hydrogen (secondary N) is 2. The molecule has 0 saturated carbocycles. The normalized spacial score (nSPS) is 11.9. The molecule has 0 aliphatic carbocycles. The summed E-state index contributed by atoms with van der Waals surface area (Å²) < 4.78 is 4.37. The number of benzene rings is 1. The lowest BCUT2D eigenvalue weighted by atomic mass is 10.0. The Balaban J connectivity index is 2.17. The molecule has 23 heavy (non-hydrogen) atoms. The topological polar surface area (TPSA) is 108 Å². The first-order chi connectivity index (χ1) is 10.9. The second kappa shape index (κ2) is 7.15. The zero-order valence-electron chi connectivity index (χ0n) is 12.3. The van der Waals surface area contributed by atoms with E-state index in [0.29, 0.717) is 16.0 Å². The molecular formula is C15H15ClN2O5. The van der Waals surface area contributed by atoms with Crippen molar-refractivity contribution >= 4 is 40.3 Å². The van der Waals surface area contributed by atoms with Crippen LogP contribution >= 0.6 is 11.6 Å². The highest BCUT2D eigenvalue weighted by Crippen LogP contribution is 2.27. The van der Waals surface area contributed by atoms with Gasteiger partial charge in [-0.25, -0.2) is 4.79 Å². The van der Waals surface area contributed by atoms with Crippen molar-refractivity contribution in [2.45, 2.75) is 18.9 Å². The second-order valence-corrected chi connectivity index (χ2v) is 5.30. The average Bonchev–Trinajstić information content (AvgIpc) is 2.90. The van der Waals surface area contributed by atoms with Crippen LogP contribution in [0.4, 0.5) is 0 Å². The Morgan fingerprint density at radius 3 is 2.78 bits per heavy atom. The van der Waals surface area contributed by atoms with Crippen LogP contribution in [0.1, 0.15) is 12.0 Å². The summed E-state index contributed by atoms with van der Waals surface area (Å²) in [4.78, 5) is 37.1. The molecule has 3 N–H and O–H groups in total. The number of aromatic amines is 1. The van der Waals surface area contributed by atoms with Crippen LogP contribution in [0.5, 0.6) is 0 Å². The van der Waals surface area contributed by atoms with Crippen molar-refractivity contribution in [3.63, 3.8) is 0 Å². The van der Waals surface area contributed by atoms with Gasteiger partial charge in [0, 0.05) is 23.5 Å². The molecule has 0 saturated heterocycles. The number of carbonyl (C=O) groups excluding carboxylic acids is 2. The molecule has 0 aliphatic rings.